The van der Waals surface area contributed by atoms with Gasteiger partial charge in [0.2, 0.25) is 0 Å². The van der Waals surface area contributed by atoms with E-state index in [1.807, 2.05) is 0 Å². The molecule has 0 bridgehead atoms. The van der Waals surface area contributed by atoms with Gasteiger partial charge in [-0.15, -0.1) is 0 Å². The fourth-order valence-corrected chi connectivity index (χ4v) is 4.17. The number of hydrogen-bond acceptors (Lipinski definition) is 15. The van der Waals surface area contributed by atoms with Crippen molar-refractivity contribution in [3.05, 3.63) is 0 Å². The van der Waals surface area contributed by atoms with Crippen LogP contribution in [0.1, 0.15) is 0 Å². The Hall–Kier alpha value is -0.600. The molecule has 0 amide bonds. The second kappa shape index (κ2) is 10.3. The lowest BCUT2D eigenvalue weighted by molar-refractivity contribution is -0.311. The topological polar surface area (TPSA) is 283 Å². The fourth-order valence-electron chi connectivity index (χ4n) is 4.17. The van der Waals surface area contributed by atoms with Crippen molar-refractivity contribution in [2.24, 2.45) is 22.9 Å². The van der Waals surface area contributed by atoms with Crippen molar-refractivity contribution in [2.45, 2.75) is 91.7 Å². The molecule has 188 valence electrons. The van der Waals surface area contributed by atoms with Crippen molar-refractivity contribution < 1.29 is 54.7 Å². The van der Waals surface area contributed by atoms with Crippen LogP contribution in [0.4, 0.5) is 0 Å². The van der Waals surface area contributed by atoms with E-state index in [9.17, 15) is 35.7 Å². The molecule has 3 aliphatic rings. The molecule has 15 nitrogen and oxygen atoms in total. The van der Waals surface area contributed by atoms with E-state index < -0.39 is 98.4 Å². The first-order chi connectivity index (χ1) is 15.0. The third kappa shape index (κ3) is 4.65. The first-order valence-electron chi connectivity index (χ1n) is 10.3. The highest BCUT2D eigenvalue weighted by molar-refractivity contribution is 5.06. The summed E-state index contributed by atoms with van der Waals surface area (Å²) < 4.78 is 22.2. The summed E-state index contributed by atoms with van der Waals surface area (Å²) in [4.78, 5) is 0. The minimum absolute atomic E-state index is 0.167. The molecule has 15 heteroatoms. The van der Waals surface area contributed by atoms with Crippen LogP contribution < -0.4 is 22.9 Å². The number of hydrogen-bond donors (Lipinski definition) is 11. The van der Waals surface area contributed by atoms with E-state index in [1.54, 1.807) is 0 Å². The van der Waals surface area contributed by atoms with Gasteiger partial charge in [0.1, 0.15) is 54.9 Å². The second-order valence-electron chi connectivity index (χ2n) is 8.38. The van der Waals surface area contributed by atoms with Gasteiger partial charge in [0.05, 0.1) is 30.8 Å². The summed E-state index contributed by atoms with van der Waals surface area (Å²) in [5, 5.41) is 70.6. The number of ether oxygens (including phenoxy) is 4. The first-order valence-corrected chi connectivity index (χ1v) is 10.3. The lowest BCUT2D eigenvalue weighted by atomic mass is 9.82. The van der Waals surface area contributed by atoms with Gasteiger partial charge >= 0.3 is 0 Å². The molecular weight excluding hydrogens is 436 g/mol. The van der Waals surface area contributed by atoms with Crippen LogP contribution >= 0.6 is 0 Å². The van der Waals surface area contributed by atoms with Gasteiger partial charge in [0, 0.05) is 6.54 Å². The van der Waals surface area contributed by atoms with Crippen LogP contribution in [0.15, 0.2) is 0 Å². The highest BCUT2D eigenvalue weighted by Crippen LogP contribution is 2.32. The average Bonchev–Trinajstić information content (AvgIpc) is 3.06. The van der Waals surface area contributed by atoms with Gasteiger partial charge in [-0.3, -0.25) is 0 Å². The summed E-state index contributed by atoms with van der Waals surface area (Å²) >= 11 is 0. The monoisotopic (exact) mass is 470 g/mol. The van der Waals surface area contributed by atoms with Gasteiger partial charge in [-0.25, -0.2) is 0 Å². The predicted molar refractivity (Wildman–Crippen MR) is 103 cm³/mol. The van der Waals surface area contributed by atoms with Gasteiger partial charge in [-0.1, -0.05) is 0 Å². The van der Waals surface area contributed by atoms with Crippen LogP contribution in [0.5, 0.6) is 0 Å². The second-order valence-corrected chi connectivity index (χ2v) is 8.38. The van der Waals surface area contributed by atoms with Crippen molar-refractivity contribution in [3.8, 4) is 0 Å². The van der Waals surface area contributed by atoms with Gasteiger partial charge in [-0.05, 0) is 0 Å². The van der Waals surface area contributed by atoms with E-state index >= 15 is 0 Å². The fraction of sp³-hybridized carbons (Fsp3) is 1.00. The van der Waals surface area contributed by atoms with Gasteiger partial charge in [0.15, 0.2) is 12.6 Å². The van der Waals surface area contributed by atoms with Crippen LogP contribution in [0, 0.1) is 0 Å². The van der Waals surface area contributed by atoms with Gasteiger partial charge < -0.3 is 77.6 Å². The van der Waals surface area contributed by atoms with Crippen molar-refractivity contribution in [1.29, 1.82) is 0 Å². The summed E-state index contributed by atoms with van der Waals surface area (Å²) in [6.45, 7) is -0.769. The minimum Gasteiger partial charge on any atom is -0.394 e. The van der Waals surface area contributed by atoms with E-state index in [0.29, 0.717) is 0 Å². The van der Waals surface area contributed by atoms with Crippen molar-refractivity contribution in [2.75, 3.05) is 13.2 Å². The van der Waals surface area contributed by atoms with Crippen LogP contribution in [-0.2, 0) is 18.9 Å². The zero-order valence-corrected chi connectivity index (χ0v) is 17.1. The van der Waals surface area contributed by atoms with Crippen LogP contribution in [0.2, 0.25) is 0 Å². The maximum Gasteiger partial charge on any atom is 0.187 e. The number of rotatable bonds is 6. The van der Waals surface area contributed by atoms with E-state index in [1.165, 1.54) is 0 Å². The standard InChI is InChI=1S/C17H34N4O11/c18-1-3-8(23)11(26)7(21)16(29-3)31-14-6(20)10(25)5(19)12(27)15(14)32-17-13(28)9(24)4(2-22)30-17/h3-17,22-28H,1-2,18-21H2/t3-,4-,5-,6+,7-,8-,9-,10-,11-,12+,13-,14-,15-,16-,17+/m1/s1. The Morgan fingerprint density at radius 2 is 1.16 bits per heavy atom. The Bertz CT molecular complexity index is 621. The smallest absolute Gasteiger partial charge is 0.187 e. The van der Waals surface area contributed by atoms with Gasteiger partial charge in [0.25, 0.3) is 0 Å². The average molecular weight is 470 g/mol. The van der Waals surface area contributed by atoms with Crippen LogP contribution in [-0.4, -0.2) is 141 Å². The molecule has 15 N–H and O–H groups in total. The normalized spacial score (nSPS) is 54.7. The molecule has 3 fully saturated rings. The number of nitrogens with two attached hydrogens (primary N) is 4. The SMILES string of the molecule is NC[C@H]1O[C@H](O[C@@H]2[C@@H](N)[C@H](O)[C@@H](N)[C@H](O)[C@H]2O[C@@H]2O[C@H](CO)[C@@H](O)[C@H]2O)[C@H](N)[C@@H](O)[C@@H]1O. The summed E-state index contributed by atoms with van der Waals surface area (Å²) in [5.74, 6) is 0. The molecule has 15 atom stereocenters. The quantitative estimate of drug-likeness (QED) is 0.172. The highest BCUT2D eigenvalue weighted by Gasteiger charge is 2.54. The molecule has 0 aromatic heterocycles. The molecule has 2 aliphatic heterocycles. The first kappa shape index (κ1) is 26.0. The third-order valence-corrected chi connectivity index (χ3v) is 6.28. The van der Waals surface area contributed by atoms with Crippen molar-refractivity contribution in [3.63, 3.8) is 0 Å². The Morgan fingerprint density at radius 3 is 1.72 bits per heavy atom. The Balaban J connectivity index is 1.82. The Labute approximate surface area is 183 Å². The largest absolute Gasteiger partial charge is 0.394 e. The molecule has 3 rings (SSSR count). The summed E-state index contributed by atoms with van der Waals surface area (Å²) in [7, 11) is 0. The van der Waals surface area contributed by atoms with Crippen LogP contribution in [0.25, 0.3) is 0 Å². The molecule has 1 saturated carbocycles. The summed E-state index contributed by atoms with van der Waals surface area (Å²) in [5.41, 5.74) is 23.4. The van der Waals surface area contributed by atoms with Crippen molar-refractivity contribution >= 4 is 0 Å². The molecular formula is C17H34N4O11. The lowest BCUT2D eigenvalue weighted by Crippen LogP contribution is -2.72. The zero-order chi connectivity index (χ0) is 23.9. The lowest BCUT2D eigenvalue weighted by Gasteiger charge is -2.48. The zero-order valence-electron chi connectivity index (χ0n) is 17.1. The Morgan fingerprint density at radius 1 is 0.594 bits per heavy atom. The maximum absolute atomic E-state index is 10.6. The van der Waals surface area contributed by atoms with E-state index in [0.717, 1.165) is 0 Å². The Kier molecular flexibility index (Phi) is 8.41. The predicted octanol–water partition coefficient (Wildman–Crippen LogP) is -7.68. The number of aliphatic hydroxyl groups excluding tert-OH is 7. The highest BCUT2D eigenvalue weighted by atomic mass is 16.7. The minimum atomic E-state index is -1.58. The molecule has 2 heterocycles. The van der Waals surface area contributed by atoms with E-state index in [-0.39, 0.29) is 6.54 Å². The molecule has 0 unspecified atom stereocenters. The number of aliphatic hydroxyl groups is 7. The molecule has 2 saturated heterocycles. The maximum atomic E-state index is 10.6. The summed E-state index contributed by atoms with van der Waals surface area (Å²) in [6.07, 6.45) is -16.7. The molecule has 32 heavy (non-hydrogen) atoms. The molecule has 0 aromatic carbocycles. The van der Waals surface area contributed by atoms with Crippen molar-refractivity contribution in [1.82, 2.24) is 0 Å². The molecule has 0 spiro atoms. The van der Waals surface area contributed by atoms with Gasteiger partial charge in [-0.2, -0.15) is 0 Å². The van der Waals surface area contributed by atoms with E-state index in [2.05, 4.69) is 0 Å². The molecule has 0 radical (unpaired) electrons. The summed E-state index contributed by atoms with van der Waals surface area (Å²) in [6, 6.07) is -3.76. The molecule has 1 aliphatic carbocycles. The molecule has 0 aromatic rings. The van der Waals surface area contributed by atoms with E-state index in [4.69, 9.17) is 41.9 Å². The third-order valence-electron chi connectivity index (χ3n) is 6.28. The van der Waals surface area contributed by atoms with Crippen LogP contribution in [0.3, 0.4) is 0 Å².